The average Bonchev–Trinajstić information content (AvgIpc) is 3.28. The molecule has 0 N–H and O–H groups in total. The molecule has 0 aliphatic carbocycles. The van der Waals surface area contributed by atoms with Gasteiger partial charge in [-0.3, -0.25) is 14.6 Å². The van der Waals surface area contributed by atoms with Gasteiger partial charge in [0.05, 0.1) is 27.8 Å². The molecule has 0 saturated carbocycles. The fourth-order valence-electron chi connectivity index (χ4n) is 3.25. The number of ether oxygens (including phenoxy) is 1. The van der Waals surface area contributed by atoms with E-state index in [4.69, 9.17) is 27.9 Å². The molecular weight excluding hydrogens is 475 g/mol. The Bertz CT molecular complexity index is 1070. The van der Waals surface area contributed by atoms with Gasteiger partial charge >= 0.3 is 0 Å². The first kappa shape index (κ1) is 21.9. The molecule has 0 atom stereocenters. The highest BCUT2D eigenvalue weighted by Crippen LogP contribution is 2.35. The van der Waals surface area contributed by atoms with Crippen molar-refractivity contribution in [1.29, 1.82) is 0 Å². The van der Waals surface area contributed by atoms with Gasteiger partial charge in [-0.15, -0.1) is 11.3 Å². The maximum atomic E-state index is 14.2. The summed E-state index contributed by atoms with van der Waals surface area (Å²) in [7, 11) is 0. The van der Waals surface area contributed by atoms with E-state index in [1.165, 1.54) is 17.0 Å². The first-order chi connectivity index (χ1) is 14.4. The van der Waals surface area contributed by atoms with E-state index in [1.54, 1.807) is 0 Å². The third kappa shape index (κ3) is 4.76. The highest BCUT2D eigenvalue weighted by molar-refractivity contribution is 7.22. The number of morpholine rings is 1. The van der Waals surface area contributed by atoms with E-state index in [0.717, 1.165) is 48.4 Å². The lowest BCUT2D eigenvalue weighted by atomic mass is 10.2. The maximum Gasteiger partial charge on any atom is 0.262 e. The summed E-state index contributed by atoms with van der Waals surface area (Å²) in [4.78, 5) is 21.2. The summed E-state index contributed by atoms with van der Waals surface area (Å²) >= 11 is 14.4. The Morgan fingerprint density at radius 3 is 2.67 bits per heavy atom. The van der Waals surface area contributed by atoms with Gasteiger partial charge in [-0.2, -0.15) is 0 Å². The van der Waals surface area contributed by atoms with Gasteiger partial charge in [0.2, 0.25) is 0 Å². The van der Waals surface area contributed by atoms with Gasteiger partial charge in [-0.05, 0) is 18.6 Å². The van der Waals surface area contributed by atoms with Crippen LogP contribution in [0.15, 0.2) is 18.2 Å². The van der Waals surface area contributed by atoms with Crippen LogP contribution in [-0.4, -0.2) is 55.2 Å². The van der Waals surface area contributed by atoms with Crippen LogP contribution < -0.4 is 4.90 Å². The van der Waals surface area contributed by atoms with Crippen molar-refractivity contribution >= 4 is 67.1 Å². The summed E-state index contributed by atoms with van der Waals surface area (Å²) in [6.45, 7) is 4.18. The van der Waals surface area contributed by atoms with Gasteiger partial charge in [0, 0.05) is 32.2 Å². The highest BCUT2D eigenvalue weighted by Gasteiger charge is 2.26. The van der Waals surface area contributed by atoms with Crippen LogP contribution in [0.3, 0.4) is 0 Å². The lowest BCUT2D eigenvalue weighted by molar-refractivity contribution is 0.0376. The Labute approximate surface area is 189 Å². The first-order valence-corrected chi connectivity index (χ1v) is 11.6. The van der Waals surface area contributed by atoms with Crippen LogP contribution in [-0.2, 0) is 4.74 Å². The standard InChI is InChI=1S/C19H17Cl2F2N3O2S2/c20-15-10-12(17(21)30-15)18(27)26(3-1-2-25-4-6-28-7-5-25)19-24-16-13(23)8-11(22)9-14(16)29-19/h8-10H,1-7H2. The Morgan fingerprint density at radius 2 is 1.97 bits per heavy atom. The van der Waals surface area contributed by atoms with Crippen molar-refractivity contribution in [3.8, 4) is 0 Å². The Morgan fingerprint density at radius 1 is 1.20 bits per heavy atom. The number of aromatic nitrogens is 1. The molecule has 0 bridgehead atoms. The molecule has 1 aliphatic heterocycles. The molecule has 3 heterocycles. The van der Waals surface area contributed by atoms with Crippen molar-refractivity contribution in [2.75, 3.05) is 44.3 Å². The first-order valence-electron chi connectivity index (χ1n) is 9.25. The minimum absolute atomic E-state index is 0.0387. The van der Waals surface area contributed by atoms with Crippen molar-refractivity contribution in [3.63, 3.8) is 0 Å². The number of nitrogens with zero attached hydrogens (tertiary/aromatic N) is 3. The van der Waals surface area contributed by atoms with Gasteiger partial charge in [0.1, 0.15) is 15.7 Å². The van der Waals surface area contributed by atoms with Gasteiger partial charge in [0.25, 0.3) is 5.91 Å². The van der Waals surface area contributed by atoms with Crippen molar-refractivity contribution in [2.45, 2.75) is 6.42 Å². The number of hydrogen-bond acceptors (Lipinski definition) is 6. The highest BCUT2D eigenvalue weighted by atomic mass is 35.5. The summed E-state index contributed by atoms with van der Waals surface area (Å²) in [5.41, 5.74) is 0.306. The predicted octanol–water partition coefficient (Wildman–Crippen LogP) is 5.31. The van der Waals surface area contributed by atoms with Crippen LogP contribution in [0.4, 0.5) is 13.9 Å². The number of amides is 1. The average molecular weight is 492 g/mol. The molecule has 1 fully saturated rings. The fourth-order valence-corrected chi connectivity index (χ4v) is 5.73. The monoisotopic (exact) mass is 491 g/mol. The lowest BCUT2D eigenvalue weighted by Crippen LogP contribution is -2.39. The Kier molecular flexibility index (Phi) is 6.86. The molecule has 1 aliphatic rings. The van der Waals surface area contributed by atoms with E-state index in [9.17, 15) is 13.6 Å². The second-order valence-corrected chi connectivity index (χ2v) is 10.0. The zero-order valence-electron chi connectivity index (χ0n) is 15.7. The zero-order chi connectivity index (χ0) is 21.3. The number of carbonyl (C=O) groups is 1. The Hall–Kier alpha value is -1.36. The third-order valence-corrected chi connectivity index (χ3v) is 7.24. The van der Waals surface area contributed by atoms with Gasteiger partial charge in [-0.1, -0.05) is 34.5 Å². The van der Waals surface area contributed by atoms with Crippen LogP contribution in [0.5, 0.6) is 0 Å². The predicted molar refractivity (Wildman–Crippen MR) is 117 cm³/mol. The molecule has 0 spiro atoms. The largest absolute Gasteiger partial charge is 0.379 e. The summed E-state index contributed by atoms with van der Waals surface area (Å²) in [6, 6.07) is 3.51. The second-order valence-electron chi connectivity index (χ2n) is 6.73. The van der Waals surface area contributed by atoms with E-state index in [2.05, 4.69) is 9.88 Å². The number of carbonyl (C=O) groups excluding carboxylic acids is 1. The smallest absolute Gasteiger partial charge is 0.262 e. The zero-order valence-corrected chi connectivity index (χ0v) is 18.8. The Balaban J connectivity index is 1.61. The van der Waals surface area contributed by atoms with Gasteiger partial charge < -0.3 is 4.74 Å². The molecule has 1 aromatic carbocycles. The summed E-state index contributed by atoms with van der Waals surface area (Å²) in [5, 5.41) is 0.292. The van der Waals surface area contributed by atoms with Crippen molar-refractivity contribution in [2.24, 2.45) is 0 Å². The molecule has 1 amide bonds. The third-order valence-electron chi connectivity index (χ3n) is 4.72. The molecule has 0 unspecified atom stereocenters. The van der Waals surface area contributed by atoms with E-state index >= 15 is 0 Å². The number of benzene rings is 1. The topological polar surface area (TPSA) is 45.7 Å². The van der Waals surface area contributed by atoms with E-state index in [1.807, 2.05) is 0 Å². The van der Waals surface area contributed by atoms with E-state index in [-0.39, 0.29) is 21.3 Å². The molecule has 0 radical (unpaired) electrons. The number of hydrogen-bond donors (Lipinski definition) is 0. The molecule has 11 heteroatoms. The normalized spacial score (nSPS) is 15.1. The molecule has 1 saturated heterocycles. The van der Waals surface area contributed by atoms with Crippen LogP contribution in [0, 0.1) is 11.6 Å². The number of anilines is 1. The number of rotatable bonds is 6. The molecule has 30 heavy (non-hydrogen) atoms. The number of thiazole rings is 1. The van der Waals surface area contributed by atoms with Crippen LogP contribution in [0.2, 0.25) is 8.67 Å². The van der Waals surface area contributed by atoms with E-state index in [0.29, 0.717) is 40.3 Å². The van der Waals surface area contributed by atoms with E-state index < -0.39 is 11.6 Å². The summed E-state index contributed by atoms with van der Waals surface area (Å²) in [5.74, 6) is -1.82. The quantitative estimate of drug-likeness (QED) is 0.468. The SMILES string of the molecule is O=C(c1cc(Cl)sc1Cl)N(CCCN1CCOCC1)c1nc2c(F)cc(F)cc2s1. The molecular formula is C19H17Cl2F2N3O2S2. The number of fused-ring (bicyclic) bond motifs is 1. The molecule has 160 valence electrons. The van der Waals surface area contributed by atoms with Gasteiger partial charge in [0.15, 0.2) is 10.9 Å². The fraction of sp³-hybridized carbons (Fsp3) is 0.368. The second kappa shape index (κ2) is 9.42. The van der Waals surface area contributed by atoms with Crippen molar-refractivity contribution in [3.05, 3.63) is 44.1 Å². The van der Waals surface area contributed by atoms with Crippen molar-refractivity contribution < 1.29 is 18.3 Å². The maximum absolute atomic E-state index is 14.2. The van der Waals surface area contributed by atoms with Crippen LogP contribution >= 0.6 is 45.9 Å². The summed E-state index contributed by atoms with van der Waals surface area (Å²) in [6.07, 6.45) is 0.675. The van der Waals surface area contributed by atoms with Crippen LogP contribution in [0.25, 0.3) is 10.2 Å². The molecule has 3 aromatic rings. The van der Waals surface area contributed by atoms with Crippen LogP contribution in [0.1, 0.15) is 16.8 Å². The number of thiophene rings is 1. The minimum atomic E-state index is -0.759. The van der Waals surface area contributed by atoms with Crippen molar-refractivity contribution in [1.82, 2.24) is 9.88 Å². The van der Waals surface area contributed by atoms with Gasteiger partial charge in [-0.25, -0.2) is 13.8 Å². The molecule has 2 aromatic heterocycles. The number of halogens is 4. The lowest BCUT2D eigenvalue weighted by Gasteiger charge is -2.27. The summed E-state index contributed by atoms with van der Waals surface area (Å²) < 4.78 is 34.1. The minimum Gasteiger partial charge on any atom is -0.379 e. The molecule has 5 nitrogen and oxygen atoms in total. The molecule has 4 rings (SSSR count).